The van der Waals surface area contributed by atoms with E-state index in [2.05, 4.69) is 37.5 Å². The smallest absolute Gasteiger partial charge is 0.260 e. The van der Waals surface area contributed by atoms with Gasteiger partial charge < -0.3 is 20.3 Å². The first-order chi connectivity index (χ1) is 14.0. The minimum absolute atomic E-state index is 0.298. The number of carbonyl (C=O) groups is 1. The van der Waals surface area contributed by atoms with Crippen molar-refractivity contribution in [3.05, 3.63) is 42.0 Å². The molecule has 0 bridgehead atoms. The molecule has 0 spiro atoms. The quantitative estimate of drug-likeness (QED) is 0.681. The fraction of sp³-hybridized carbons (Fsp3) is 0.400. The van der Waals surface area contributed by atoms with Crippen molar-refractivity contribution in [2.45, 2.75) is 26.8 Å². The Morgan fingerprint density at radius 2 is 2.21 bits per heavy atom. The van der Waals surface area contributed by atoms with Gasteiger partial charge in [0.15, 0.2) is 5.82 Å². The van der Waals surface area contributed by atoms with E-state index in [1.54, 1.807) is 29.2 Å². The summed E-state index contributed by atoms with van der Waals surface area (Å²) < 4.78 is 7.36. The molecule has 1 amide bonds. The Kier molecular flexibility index (Phi) is 5.30. The highest BCUT2D eigenvalue weighted by molar-refractivity contribution is 6.06. The molecule has 3 aromatic heterocycles. The number of amides is 1. The number of nitrogens with one attached hydrogen (secondary N) is 2. The minimum atomic E-state index is -0.298. The molecule has 1 atom stereocenters. The summed E-state index contributed by atoms with van der Waals surface area (Å²) in [6.07, 6.45) is 5.00. The molecule has 4 heterocycles. The molecule has 152 valence electrons. The van der Waals surface area contributed by atoms with Gasteiger partial charge in [-0.3, -0.25) is 4.79 Å². The van der Waals surface area contributed by atoms with Gasteiger partial charge in [0.2, 0.25) is 0 Å². The predicted molar refractivity (Wildman–Crippen MR) is 111 cm³/mol. The van der Waals surface area contributed by atoms with E-state index in [0.29, 0.717) is 29.8 Å². The average molecular weight is 395 g/mol. The molecule has 1 fully saturated rings. The van der Waals surface area contributed by atoms with Crippen LogP contribution in [0.25, 0.3) is 5.52 Å². The molecule has 29 heavy (non-hydrogen) atoms. The Morgan fingerprint density at radius 3 is 2.93 bits per heavy atom. The van der Waals surface area contributed by atoms with Crippen molar-refractivity contribution in [2.24, 2.45) is 0 Å². The van der Waals surface area contributed by atoms with E-state index in [9.17, 15) is 4.79 Å². The van der Waals surface area contributed by atoms with Crippen LogP contribution in [0.3, 0.4) is 0 Å². The van der Waals surface area contributed by atoms with E-state index >= 15 is 0 Å². The van der Waals surface area contributed by atoms with E-state index in [0.717, 1.165) is 36.7 Å². The molecule has 0 unspecified atom stereocenters. The van der Waals surface area contributed by atoms with Crippen LogP contribution in [0.2, 0.25) is 0 Å². The normalized spacial score (nSPS) is 16.8. The third-order valence-electron chi connectivity index (χ3n) is 4.80. The maximum atomic E-state index is 12.9. The number of anilines is 2. The molecular formula is C20H25N7O2. The molecular weight excluding hydrogens is 370 g/mol. The van der Waals surface area contributed by atoms with Crippen LogP contribution in [-0.4, -0.2) is 57.8 Å². The second-order valence-electron chi connectivity index (χ2n) is 7.15. The first-order valence-electron chi connectivity index (χ1n) is 9.78. The number of rotatable bonds is 5. The average Bonchev–Trinajstić information content (AvgIpc) is 3.07. The summed E-state index contributed by atoms with van der Waals surface area (Å²) in [6.45, 7) is 9.05. The zero-order valence-electron chi connectivity index (χ0n) is 16.8. The fourth-order valence-electron chi connectivity index (χ4n) is 3.47. The van der Waals surface area contributed by atoms with Crippen molar-refractivity contribution in [1.82, 2.24) is 24.9 Å². The summed E-state index contributed by atoms with van der Waals surface area (Å²) in [5.41, 5.74) is 2.13. The number of ether oxygens (including phenoxy) is 1. The molecule has 1 aliphatic heterocycles. The number of hydrogen-bond acceptors (Lipinski definition) is 7. The number of pyridine rings is 1. The number of aromatic nitrogens is 4. The van der Waals surface area contributed by atoms with Crippen LogP contribution in [0.5, 0.6) is 5.75 Å². The van der Waals surface area contributed by atoms with Gasteiger partial charge in [-0.25, -0.2) is 14.5 Å². The van der Waals surface area contributed by atoms with Crippen molar-refractivity contribution >= 4 is 23.1 Å². The molecule has 9 heteroatoms. The molecule has 3 aromatic rings. The van der Waals surface area contributed by atoms with E-state index < -0.39 is 0 Å². The summed E-state index contributed by atoms with van der Waals surface area (Å²) >= 11 is 0. The Balaban J connectivity index is 1.53. The van der Waals surface area contributed by atoms with Crippen LogP contribution in [0, 0.1) is 6.92 Å². The fourth-order valence-corrected chi connectivity index (χ4v) is 3.47. The number of fused-ring (bicyclic) bond motifs is 1. The number of piperazine rings is 1. The highest BCUT2D eigenvalue weighted by Gasteiger charge is 2.19. The van der Waals surface area contributed by atoms with Crippen LogP contribution in [0.1, 0.15) is 29.9 Å². The summed E-state index contributed by atoms with van der Waals surface area (Å²) in [5.74, 6) is 1.38. The minimum Gasteiger partial charge on any atom is -0.491 e. The molecule has 0 saturated carbocycles. The monoisotopic (exact) mass is 395 g/mol. The Morgan fingerprint density at radius 1 is 1.34 bits per heavy atom. The lowest BCUT2D eigenvalue weighted by Crippen LogP contribution is -2.49. The lowest BCUT2D eigenvalue weighted by molar-refractivity contribution is 0.102. The van der Waals surface area contributed by atoms with Crippen LogP contribution in [0.4, 0.5) is 11.6 Å². The predicted octanol–water partition coefficient (Wildman–Crippen LogP) is 1.88. The van der Waals surface area contributed by atoms with E-state index in [4.69, 9.17) is 4.74 Å². The molecule has 9 nitrogen and oxygen atoms in total. The Labute approximate surface area is 169 Å². The number of aryl methyl sites for hydroxylation is 1. The van der Waals surface area contributed by atoms with E-state index in [1.165, 1.54) is 0 Å². The van der Waals surface area contributed by atoms with Gasteiger partial charge in [0.1, 0.15) is 11.6 Å². The first-order valence-corrected chi connectivity index (χ1v) is 9.78. The van der Waals surface area contributed by atoms with Crippen molar-refractivity contribution in [1.29, 1.82) is 0 Å². The van der Waals surface area contributed by atoms with Crippen molar-refractivity contribution in [2.75, 3.05) is 36.5 Å². The summed E-state index contributed by atoms with van der Waals surface area (Å²) in [5, 5.41) is 10.6. The molecule has 4 rings (SSSR count). The zero-order chi connectivity index (χ0) is 20.4. The van der Waals surface area contributed by atoms with Gasteiger partial charge in [-0.1, -0.05) is 0 Å². The van der Waals surface area contributed by atoms with Gasteiger partial charge in [0.25, 0.3) is 5.91 Å². The van der Waals surface area contributed by atoms with Gasteiger partial charge in [-0.2, -0.15) is 5.10 Å². The number of nitrogens with zero attached hydrogens (tertiary/aromatic N) is 5. The third-order valence-corrected chi connectivity index (χ3v) is 4.80. The lowest BCUT2D eigenvalue weighted by atomic mass is 10.2. The summed E-state index contributed by atoms with van der Waals surface area (Å²) in [7, 11) is 0. The van der Waals surface area contributed by atoms with Gasteiger partial charge >= 0.3 is 0 Å². The SMILES string of the molecule is CCOc1cn2nc(C)cc2cc1C(=O)Nc1cnc(N2CCN[C@H](C)C2)cn1. The molecule has 1 aliphatic rings. The topological polar surface area (TPSA) is 96.7 Å². The molecule has 1 saturated heterocycles. The van der Waals surface area contributed by atoms with Crippen LogP contribution >= 0.6 is 0 Å². The van der Waals surface area contributed by atoms with Gasteiger partial charge in [-0.05, 0) is 32.9 Å². The van der Waals surface area contributed by atoms with E-state index in [1.807, 2.05) is 19.9 Å². The van der Waals surface area contributed by atoms with Crippen molar-refractivity contribution in [3.63, 3.8) is 0 Å². The third kappa shape index (κ3) is 4.14. The zero-order valence-corrected chi connectivity index (χ0v) is 16.8. The highest BCUT2D eigenvalue weighted by Crippen LogP contribution is 2.23. The van der Waals surface area contributed by atoms with Gasteiger partial charge in [0, 0.05) is 25.7 Å². The van der Waals surface area contributed by atoms with Crippen LogP contribution in [-0.2, 0) is 0 Å². The second-order valence-corrected chi connectivity index (χ2v) is 7.15. The summed E-state index contributed by atoms with van der Waals surface area (Å²) in [4.78, 5) is 23.9. The standard InChI is InChI=1S/C20H25N7O2/c1-4-29-17-12-27-15(7-13(2)25-27)8-16(17)20(28)24-18-9-23-19(10-22-18)26-6-5-21-14(3)11-26/h7-10,12,14,21H,4-6,11H2,1-3H3,(H,22,24,28)/t14-/m1/s1. The Hall–Kier alpha value is -3.20. The van der Waals surface area contributed by atoms with Gasteiger partial charge in [0.05, 0.1) is 42.0 Å². The molecule has 0 aliphatic carbocycles. The maximum absolute atomic E-state index is 12.9. The molecule has 0 radical (unpaired) electrons. The maximum Gasteiger partial charge on any atom is 0.260 e. The number of hydrogen-bond donors (Lipinski definition) is 2. The van der Waals surface area contributed by atoms with E-state index in [-0.39, 0.29) is 5.91 Å². The lowest BCUT2D eigenvalue weighted by Gasteiger charge is -2.32. The molecule has 2 N–H and O–H groups in total. The Bertz CT molecular complexity index is 1020. The largest absolute Gasteiger partial charge is 0.491 e. The second kappa shape index (κ2) is 8.04. The highest BCUT2D eigenvalue weighted by atomic mass is 16.5. The van der Waals surface area contributed by atoms with Crippen LogP contribution < -0.4 is 20.3 Å². The number of carbonyl (C=O) groups excluding carboxylic acids is 1. The van der Waals surface area contributed by atoms with Crippen LogP contribution in [0.15, 0.2) is 30.7 Å². The van der Waals surface area contributed by atoms with Gasteiger partial charge in [-0.15, -0.1) is 0 Å². The first kappa shape index (κ1) is 19.1. The molecule has 0 aromatic carbocycles. The van der Waals surface area contributed by atoms with Crippen molar-refractivity contribution < 1.29 is 9.53 Å². The van der Waals surface area contributed by atoms with Crippen molar-refractivity contribution in [3.8, 4) is 5.75 Å². The summed E-state index contributed by atoms with van der Waals surface area (Å²) in [6, 6.07) is 4.09.